The predicted molar refractivity (Wildman–Crippen MR) is 91.8 cm³/mol. The number of azide groups is 1. The molecule has 2 aromatic carbocycles. The van der Waals surface area contributed by atoms with Crippen LogP contribution in [0.25, 0.3) is 21.6 Å². The topological polar surface area (TPSA) is 58.0 Å². The van der Waals surface area contributed by atoms with Gasteiger partial charge in [-0.15, -0.1) is 0 Å². The zero-order valence-electron chi connectivity index (χ0n) is 13.1. The van der Waals surface area contributed by atoms with Crippen molar-refractivity contribution in [2.24, 2.45) is 11.0 Å². The first-order valence-corrected chi connectivity index (χ1v) is 8.12. The van der Waals surface area contributed by atoms with Crippen LogP contribution < -0.4 is 0 Å². The molecule has 0 aliphatic heterocycles. The van der Waals surface area contributed by atoms with Crippen LogP contribution in [-0.2, 0) is 11.3 Å². The molecule has 1 unspecified atom stereocenters. The maximum absolute atomic E-state index is 8.41. The Bertz CT molecular complexity index is 680. The summed E-state index contributed by atoms with van der Waals surface area (Å²) in [7, 11) is 0. The monoisotopic (exact) mass is 307 g/mol. The van der Waals surface area contributed by atoms with Gasteiger partial charge in [-0.1, -0.05) is 59.7 Å². The summed E-state index contributed by atoms with van der Waals surface area (Å²) in [6.07, 6.45) is 3.41. The number of hydrogen-bond donors (Lipinski definition) is 0. The summed E-state index contributed by atoms with van der Waals surface area (Å²) in [6, 6.07) is 18.8. The molecule has 1 fully saturated rings. The molecule has 0 aromatic heterocycles. The number of rotatable bonds is 6. The second kappa shape index (κ2) is 7.82. The van der Waals surface area contributed by atoms with Crippen molar-refractivity contribution in [3.63, 3.8) is 0 Å². The van der Waals surface area contributed by atoms with Gasteiger partial charge in [-0.05, 0) is 47.4 Å². The zero-order valence-corrected chi connectivity index (χ0v) is 13.1. The van der Waals surface area contributed by atoms with Crippen molar-refractivity contribution in [2.75, 3.05) is 6.54 Å². The standard InChI is InChI=1S/C19H21N3O/c20-22-21-13-15-10-11-18(12-15)23-14-17-8-4-5-9-19(17)16-6-2-1-3-7-16/h1-9,15,18H,10-14H2/t15-,18?/m0/s1. The maximum Gasteiger partial charge on any atom is 0.0726 e. The molecule has 4 heteroatoms. The van der Waals surface area contributed by atoms with Crippen LogP contribution in [0.4, 0.5) is 0 Å². The summed E-state index contributed by atoms with van der Waals surface area (Å²) < 4.78 is 6.13. The molecule has 4 nitrogen and oxygen atoms in total. The van der Waals surface area contributed by atoms with Gasteiger partial charge in [-0.2, -0.15) is 0 Å². The Balaban J connectivity index is 1.62. The predicted octanol–water partition coefficient (Wildman–Crippen LogP) is 5.35. The molecule has 0 heterocycles. The molecule has 1 saturated carbocycles. The Morgan fingerprint density at radius 3 is 2.65 bits per heavy atom. The fourth-order valence-corrected chi connectivity index (χ4v) is 3.25. The minimum Gasteiger partial charge on any atom is -0.374 e. The second-order valence-corrected chi connectivity index (χ2v) is 6.05. The molecule has 23 heavy (non-hydrogen) atoms. The molecule has 0 N–H and O–H groups in total. The SMILES string of the molecule is [N-]=[N+]=NC[C@H]1CCC(OCc2ccccc2-c2ccccc2)C1. The molecule has 0 spiro atoms. The van der Waals surface area contributed by atoms with Crippen molar-refractivity contribution in [2.45, 2.75) is 32.0 Å². The van der Waals surface area contributed by atoms with E-state index in [1.807, 2.05) is 6.07 Å². The molecule has 0 radical (unpaired) electrons. The first-order valence-electron chi connectivity index (χ1n) is 8.12. The van der Waals surface area contributed by atoms with Crippen LogP contribution in [0, 0.1) is 5.92 Å². The first kappa shape index (κ1) is 15.6. The third-order valence-corrected chi connectivity index (χ3v) is 4.47. The minimum atomic E-state index is 0.276. The molecule has 1 aliphatic rings. The Labute approximate surface area is 136 Å². The van der Waals surface area contributed by atoms with Gasteiger partial charge in [-0.25, -0.2) is 0 Å². The summed E-state index contributed by atoms with van der Waals surface area (Å²) in [5.41, 5.74) is 12.1. The van der Waals surface area contributed by atoms with Crippen LogP contribution in [0.5, 0.6) is 0 Å². The van der Waals surface area contributed by atoms with Gasteiger partial charge in [0.05, 0.1) is 12.7 Å². The summed E-state index contributed by atoms with van der Waals surface area (Å²) in [5.74, 6) is 0.472. The van der Waals surface area contributed by atoms with Crippen LogP contribution in [0.15, 0.2) is 59.7 Å². The lowest BCUT2D eigenvalue weighted by atomic mass is 10.0. The van der Waals surface area contributed by atoms with Crippen LogP contribution in [-0.4, -0.2) is 12.6 Å². The van der Waals surface area contributed by atoms with Crippen molar-refractivity contribution >= 4 is 0 Å². The van der Waals surface area contributed by atoms with E-state index in [0.29, 0.717) is 19.1 Å². The number of hydrogen-bond acceptors (Lipinski definition) is 2. The molecule has 0 saturated heterocycles. The molecular weight excluding hydrogens is 286 g/mol. The molecule has 3 rings (SSSR count). The lowest BCUT2D eigenvalue weighted by Gasteiger charge is -2.15. The van der Waals surface area contributed by atoms with Gasteiger partial charge in [0.2, 0.25) is 0 Å². The van der Waals surface area contributed by atoms with E-state index >= 15 is 0 Å². The van der Waals surface area contributed by atoms with Crippen molar-refractivity contribution in [1.29, 1.82) is 0 Å². The summed E-state index contributed by atoms with van der Waals surface area (Å²) in [5, 5.41) is 3.69. The number of benzene rings is 2. The quantitative estimate of drug-likeness (QED) is 0.403. The molecule has 2 atom stereocenters. The summed E-state index contributed by atoms with van der Waals surface area (Å²) in [6.45, 7) is 1.22. The Morgan fingerprint density at radius 1 is 1.04 bits per heavy atom. The van der Waals surface area contributed by atoms with Crippen LogP contribution in [0.3, 0.4) is 0 Å². The van der Waals surface area contributed by atoms with Crippen molar-refractivity contribution in [3.05, 3.63) is 70.6 Å². The average molecular weight is 307 g/mol. The Morgan fingerprint density at radius 2 is 1.83 bits per heavy atom. The van der Waals surface area contributed by atoms with Crippen LogP contribution in [0.1, 0.15) is 24.8 Å². The lowest BCUT2D eigenvalue weighted by Crippen LogP contribution is -2.10. The van der Waals surface area contributed by atoms with E-state index in [9.17, 15) is 0 Å². The van der Waals surface area contributed by atoms with Crippen molar-refractivity contribution in [3.8, 4) is 11.1 Å². The first-order chi connectivity index (χ1) is 11.4. The molecular formula is C19H21N3O. The van der Waals surface area contributed by atoms with E-state index in [-0.39, 0.29) is 6.10 Å². The zero-order chi connectivity index (χ0) is 15.9. The third-order valence-electron chi connectivity index (χ3n) is 4.47. The second-order valence-electron chi connectivity index (χ2n) is 6.05. The van der Waals surface area contributed by atoms with Crippen LogP contribution >= 0.6 is 0 Å². The van der Waals surface area contributed by atoms with Crippen molar-refractivity contribution < 1.29 is 4.74 Å². The highest BCUT2D eigenvalue weighted by atomic mass is 16.5. The smallest absolute Gasteiger partial charge is 0.0726 e. The number of nitrogens with zero attached hydrogens (tertiary/aromatic N) is 3. The highest BCUT2D eigenvalue weighted by molar-refractivity contribution is 5.67. The fraction of sp³-hybridized carbons (Fsp3) is 0.368. The Kier molecular flexibility index (Phi) is 5.30. The maximum atomic E-state index is 8.41. The van der Waals surface area contributed by atoms with E-state index in [1.165, 1.54) is 16.7 Å². The van der Waals surface area contributed by atoms with Gasteiger partial charge < -0.3 is 4.74 Å². The van der Waals surface area contributed by atoms with Crippen LogP contribution in [0.2, 0.25) is 0 Å². The van der Waals surface area contributed by atoms with E-state index in [2.05, 4.69) is 58.6 Å². The fourth-order valence-electron chi connectivity index (χ4n) is 3.25. The van der Waals surface area contributed by atoms with E-state index in [4.69, 9.17) is 10.3 Å². The summed E-state index contributed by atoms with van der Waals surface area (Å²) >= 11 is 0. The number of ether oxygens (including phenoxy) is 1. The van der Waals surface area contributed by atoms with Gasteiger partial charge in [0, 0.05) is 11.5 Å². The van der Waals surface area contributed by atoms with Gasteiger partial charge in [-0.3, -0.25) is 0 Å². The highest BCUT2D eigenvalue weighted by Crippen LogP contribution is 2.30. The largest absolute Gasteiger partial charge is 0.374 e. The summed E-state index contributed by atoms with van der Waals surface area (Å²) in [4.78, 5) is 2.85. The molecule has 0 amide bonds. The molecule has 0 bridgehead atoms. The Hall–Kier alpha value is -2.29. The van der Waals surface area contributed by atoms with E-state index in [0.717, 1.165) is 19.3 Å². The normalized spacial score (nSPS) is 20.2. The third kappa shape index (κ3) is 4.13. The van der Waals surface area contributed by atoms with Gasteiger partial charge in [0.15, 0.2) is 0 Å². The molecule has 1 aliphatic carbocycles. The van der Waals surface area contributed by atoms with Gasteiger partial charge in [0.1, 0.15) is 0 Å². The van der Waals surface area contributed by atoms with E-state index in [1.54, 1.807) is 0 Å². The van der Waals surface area contributed by atoms with Crippen molar-refractivity contribution in [1.82, 2.24) is 0 Å². The lowest BCUT2D eigenvalue weighted by molar-refractivity contribution is 0.0434. The molecule has 2 aromatic rings. The van der Waals surface area contributed by atoms with Gasteiger partial charge >= 0.3 is 0 Å². The molecule has 118 valence electrons. The minimum absolute atomic E-state index is 0.276. The van der Waals surface area contributed by atoms with Gasteiger partial charge in [0.25, 0.3) is 0 Å². The highest BCUT2D eigenvalue weighted by Gasteiger charge is 2.24. The van der Waals surface area contributed by atoms with E-state index < -0.39 is 0 Å². The average Bonchev–Trinajstić information content (AvgIpc) is 3.07.